The van der Waals surface area contributed by atoms with Gasteiger partial charge in [0.2, 0.25) is 0 Å². The molecule has 10 heavy (non-hydrogen) atoms. The molecule has 2 N–H and O–H groups in total. The van der Waals surface area contributed by atoms with Gasteiger partial charge < -0.3 is 14.9 Å². The first-order chi connectivity index (χ1) is 4.57. The third kappa shape index (κ3) is 3.09. The molecule has 0 heterocycles. The van der Waals surface area contributed by atoms with Crippen LogP contribution in [0.4, 0.5) is 0 Å². The van der Waals surface area contributed by atoms with Crippen LogP contribution >= 0.6 is 0 Å². The predicted octanol–water partition coefficient (Wildman–Crippen LogP) is -0.0179. The van der Waals surface area contributed by atoms with E-state index in [2.05, 4.69) is 11.3 Å². The van der Waals surface area contributed by atoms with Gasteiger partial charge in [-0.05, 0) is 6.92 Å². The van der Waals surface area contributed by atoms with Crippen molar-refractivity contribution in [2.75, 3.05) is 6.61 Å². The number of carbonyl (C=O) groups excluding carboxylic acids is 1. The lowest BCUT2D eigenvalue weighted by Crippen LogP contribution is -2.18. The molecule has 0 radical (unpaired) electrons. The summed E-state index contributed by atoms with van der Waals surface area (Å²) in [6, 6.07) is 0. The van der Waals surface area contributed by atoms with E-state index in [0.717, 1.165) is 0 Å². The number of hydrogen-bond acceptors (Lipinski definition) is 4. The molecule has 0 aromatic heterocycles. The zero-order chi connectivity index (χ0) is 8.15. The van der Waals surface area contributed by atoms with E-state index < -0.39 is 18.7 Å². The van der Waals surface area contributed by atoms with Crippen LogP contribution in [0.3, 0.4) is 0 Å². The van der Waals surface area contributed by atoms with Crippen LogP contribution in [0.5, 0.6) is 0 Å². The molecule has 0 amide bonds. The van der Waals surface area contributed by atoms with Crippen LogP contribution in [-0.2, 0) is 9.53 Å². The number of aliphatic hydroxyl groups is 2. The Balaban J connectivity index is 3.68. The summed E-state index contributed by atoms with van der Waals surface area (Å²) in [5, 5.41) is 16.8. The summed E-state index contributed by atoms with van der Waals surface area (Å²) < 4.78 is 4.42. The average molecular weight is 146 g/mol. The van der Waals surface area contributed by atoms with Gasteiger partial charge in [-0.1, -0.05) is 6.58 Å². The minimum absolute atomic E-state index is 0.234. The van der Waals surface area contributed by atoms with E-state index in [0.29, 0.717) is 0 Å². The summed E-state index contributed by atoms with van der Waals surface area (Å²) in [4.78, 5) is 10.3. The number of ether oxygens (including phenoxy) is 1. The fourth-order valence-electron chi connectivity index (χ4n) is 0.302. The number of carbonyl (C=O) groups is 1. The van der Waals surface area contributed by atoms with E-state index in [1.54, 1.807) is 0 Å². The predicted molar refractivity (Wildman–Crippen MR) is 34.4 cm³/mol. The lowest BCUT2D eigenvalue weighted by molar-refractivity contribution is -0.151. The second-order valence-corrected chi connectivity index (χ2v) is 1.78. The zero-order valence-electron chi connectivity index (χ0n) is 5.70. The molecule has 0 spiro atoms. The van der Waals surface area contributed by atoms with E-state index in [-0.39, 0.29) is 5.76 Å². The Morgan fingerprint density at radius 2 is 2.30 bits per heavy atom. The van der Waals surface area contributed by atoms with Crippen molar-refractivity contribution in [1.82, 2.24) is 0 Å². The lowest BCUT2D eigenvalue weighted by Gasteiger charge is -2.09. The zero-order valence-corrected chi connectivity index (χ0v) is 5.70. The summed E-state index contributed by atoms with van der Waals surface area (Å²) in [7, 11) is 0. The molecule has 1 atom stereocenters. The second-order valence-electron chi connectivity index (χ2n) is 1.78. The highest BCUT2D eigenvalue weighted by Crippen LogP contribution is 1.98. The highest BCUT2D eigenvalue weighted by molar-refractivity contribution is 5.70. The first-order valence-corrected chi connectivity index (χ1v) is 2.76. The molecule has 0 bridgehead atoms. The fourth-order valence-corrected chi connectivity index (χ4v) is 0.302. The van der Waals surface area contributed by atoms with Gasteiger partial charge in [0.05, 0.1) is 0 Å². The summed E-state index contributed by atoms with van der Waals surface area (Å²) in [5.74, 6) is -1.01. The van der Waals surface area contributed by atoms with E-state index in [1.165, 1.54) is 6.92 Å². The molecule has 0 aromatic carbocycles. The van der Waals surface area contributed by atoms with Crippen LogP contribution in [-0.4, -0.2) is 28.9 Å². The van der Waals surface area contributed by atoms with Gasteiger partial charge in [0.25, 0.3) is 0 Å². The normalized spacial score (nSPS) is 12.2. The van der Waals surface area contributed by atoms with Crippen molar-refractivity contribution in [3.05, 3.63) is 12.3 Å². The quantitative estimate of drug-likeness (QED) is 0.434. The minimum Gasteiger partial charge on any atom is -0.509 e. The van der Waals surface area contributed by atoms with Crippen LogP contribution < -0.4 is 0 Å². The molecule has 1 unspecified atom stereocenters. The maximum absolute atomic E-state index is 10.3. The number of rotatable bonds is 3. The van der Waals surface area contributed by atoms with Crippen LogP contribution in [0.1, 0.15) is 6.92 Å². The Kier molecular flexibility index (Phi) is 3.49. The van der Waals surface area contributed by atoms with E-state index in [1.807, 2.05) is 0 Å². The van der Waals surface area contributed by atoms with Crippen molar-refractivity contribution < 1.29 is 19.7 Å². The standard InChI is InChI=1S/C6H10O4/c1-4(8)5(2)10-6(9)3-7/h5,7-8H,1,3H2,2H3. The molecule has 0 fully saturated rings. The van der Waals surface area contributed by atoms with E-state index in [4.69, 9.17) is 10.2 Å². The maximum Gasteiger partial charge on any atom is 0.332 e. The summed E-state index contributed by atoms with van der Waals surface area (Å²) >= 11 is 0. The van der Waals surface area contributed by atoms with Gasteiger partial charge in [-0.25, -0.2) is 4.79 Å². The van der Waals surface area contributed by atoms with Gasteiger partial charge in [0.1, 0.15) is 12.4 Å². The molecule has 0 saturated carbocycles. The maximum atomic E-state index is 10.3. The molecular formula is C6H10O4. The highest BCUT2D eigenvalue weighted by atomic mass is 16.6. The van der Waals surface area contributed by atoms with Gasteiger partial charge in [-0.3, -0.25) is 0 Å². The third-order valence-corrected chi connectivity index (χ3v) is 0.907. The smallest absolute Gasteiger partial charge is 0.332 e. The van der Waals surface area contributed by atoms with Crippen molar-refractivity contribution in [2.45, 2.75) is 13.0 Å². The molecule has 58 valence electrons. The number of aliphatic hydroxyl groups excluding tert-OH is 2. The lowest BCUT2D eigenvalue weighted by atomic mass is 10.3. The van der Waals surface area contributed by atoms with Gasteiger partial charge in [-0.15, -0.1) is 0 Å². The average Bonchev–Trinajstić information content (AvgIpc) is 1.87. The Morgan fingerprint density at radius 1 is 1.80 bits per heavy atom. The van der Waals surface area contributed by atoms with Gasteiger partial charge in [0.15, 0.2) is 6.10 Å². The first-order valence-electron chi connectivity index (χ1n) is 2.76. The molecule has 0 rings (SSSR count). The van der Waals surface area contributed by atoms with Gasteiger partial charge >= 0.3 is 5.97 Å². The minimum atomic E-state index is -0.775. The monoisotopic (exact) mass is 146 g/mol. The number of hydrogen-bond donors (Lipinski definition) is 2. The second kappa shape index (κ2) is 3.90. The van der Waals surface area contributed by atoms with Crippen molar-refractivity contribution in [3.8, 4) is 0 Å². The molecule has 0 aliphatic heterocycles. The molecule has 4 nitrogen and oxygen atoms in total. The first kappa shape index (κ1) is 8.97. The SMILES string of the molecule is C=C(O)C(C)OC(=O)CO. The van der Waals surface area contributed by atoms with Crippen LogP contribution in [0, 0.1) is 0 Å². The van der Waals surface area contributed by atoms with E-state index >= 15 is 0 Å². The third-order valence-electron chi connectivity index (χ3n) is 0.907. The van der Waals surface area contributed by atoms with Crippen molar-refractivity contribution in [3.63, 3.8) is 0 Å². The molecule has 4 heteroatoms. The van der Waals surface area contributed by atoms with Crippen molar-refractivity contribution in [1.29, 1.82) is 0 Å². The molecule has 0 aliphatic carbocycles. The van der Waals surface area contributed by atoms with Crippen molar-refractivity contribution in [2.24, 2.45) is 0 Å². The Labute approximate surface area is 58.7 Å². The largest absolute Gasteiger partial charge is 0.509 e. The Morgan fingerprint density at radius 3 is 2.60 bits per heavy atom. The Bertz CT molecular complexity index is 141. The summed E-state index contributed by atoms with van der Waals surface area (Å²) in [5.41, 5.74) is 0. The van der Waals surface area contributed by atoms with Gasteiger partial charge in [0, 0.05) is 0 Å². The summed E-state index contributed by atoms with van der Waals surface area (Å²) in [6.07, 6.45) is -0.750. The number of esters is 1. The van der Waals surface area contributed by atoms with Crippen LogP contribution in [0.2, 0.25) is 0 Å². The molecule has 0 saturated heterocycles. The highest BCUT2D eigenvalue weighted by Gasteiger charge is 2.09. The van der Waals surface area contributed by atoms with E-state index in [9.17, 15) is 4.79 Å². The Hall–Kier alpha value is -1.03. The molecule has 0 aromatic rings. The fraction of sp³-hybridized carbons (Fsp3) is 0.500. The van der Waals surface area contributed by atoms with Gasteiger partial charge in [-0.2, -0.15) is 0 Å². The molecule has 0 aliphatic rings. The van der Waals surface area contributed by atoms with Crippen LogP contribution in [0.15, 0.2) is 12.3 Å². The topological polar surface area (TPSA) is 66.8 Å². The van der Waals surface area contributed by atoms with Crippen LogP contribution in [0.25, 0.3) is 0 Å². The summed E-state index contributed by atoms with van der Waals surface area (Å²) in [6.45, 7) is 3.91. The van der Waals surface area contributed by atoms with Crippen molar-refractivity contribution >= 4 is 5.97 Å². The molecular weight excluding hydrogens is 136 g/mol.